The number of fused-ring (bicyclic) bond motifs is 1. The van der Waals surface area contributed by atoms with E-state index in [0.717, 1.165) is 11.3 Å². The summed E-state index contributed by atoms with van der Waals surface area (Å²) in [5.74, 6) is 0.534. The molecule has 8 heteroatoms. The fourth-order valence-corrected chi connectivity index (χ4v) is 2.55. The van der Waals surface area contributed by atoms with Gasteiger partial charge < -0.3 is 5.32 Å². The van der Waals surface area contributed by atoms with Gasteiger partial charge in [-0.05, 0) is 17.7 Å². The van der Waals surface area contributed by atoms with E-state index in [9.17, 15) is 4.79 Å². The SMILES string of the molecule is CC(C)(C)c1cn2c(=O)[nH]nc2c(NCc2ccc(Cl)c(Cl)c2)n1. The fraction of sp³-hybridized carbons (Fsp3) is 0.312. The van der Waals surface area contributed by atoms with Gasteiger partial charge in [0.05, 0.1) is 15.7 Å². The number of nitrogens with one attached hydrogen (secondary N) is 2. The molecule has 3 rings (SSSR count). The minimum atomic E-state index is -0.296. The average Bonchev–Trinajstić information content (AvgIpc) is 2.89. The van der Waals surface area contributed by atoms with Gasteiger partial charge in [-0.1, -0.05) is 50.0 Å². The van der Waals surface area contributed by atoms with Crippen molar-refractivity contribution in [2.24, 2.45) is 0 Å². The van der Waals surface area contributed by atoms with Gasteiger partial charge in [0.2, 0.25) is 5.65 Å². The van der Waals surface area contributed by atoms with E-state index in [0.29, 0.717) is 28.1 Å². The van der Waals surface area contributed by atoms with E-state index in [-0.39, 0.29) is 11.1 Å². The first kappa shape index (κ1) is 16.8. The summed E-state index contributed by atoms with van der Waals surface area (Å²) in [6, 6.07) is 5.41. The number of halogens is 2. The van der Waals surface area contributed by atoms with Crippen LogP contribution in [0.25, 0.3) is 5.65 Å². The third-order valence-electron chi connectivity index (χ3n) is 3.61. The van der Waals surface area contributed by atoms with Crippen LogP contribution in [0.4, 0.5) is 5.82 Å². The van der Waals surface area contributed by atoms with Gasteiger partial charge in [0.25, 0.3) is 0 Å². The van der Waals surface area contributed by atoms with Gasteiger partial charge in [-0.3, -0.25) is 0 Å². The highest BCUT2D eigenvalue weighted by atomic mass is 35.5. The van der Waals surface area contributed by atoms with Crippen molar-refractivity contribution in [2.45, 2.75) is 32.7 Å². The lowest BCUT2D eigenvalue weighted by Crippen LogP contribution is -2.19. The molecular weight excluding hydrogens is 349 g/mol. The maximum Gasteiger partial charge on any atom is 0.347 e. The molecule has 0 aliphatic carbocycles. The molecule has 2 N–H and O–H groups in total. The summed E-state index contributed by atoms with van der Waals surface area (Å²) < 4.78 is 1.46. The van der Waals surface area contributed by atoms with Gasteiger partial charge in [-0.25, -0.2) is 19.3 Å². The molecule has 2 aromatic heterocycles. The van der Waals surface area contributed by atoms with Crippen LogP contribution in [-0.4, -0.2) is 19.6 Å². The number of hydrogen-bond donors (Lipinski definition) is 2. The lowest BCUT2D eigenvalue weighted by atomic mass is 9.93. The third kappa shape index (κ3) is 3.25. The Morgan fingerprint density at radius 1 is 1.25 bits per heavy atom. The van der Waals surface area contributed by atoms with Gasteiger partial charge in [0.1, 0.15) is 0 Å². The third-order valence-corrected chi connectivity index (χ3v) is 4.35. The standard InChI is InChI=1S/C16H17Cl2N5O/c1-16(2,3)12-8-23-14(21-22-15(23)24)13(20-12)19-7-9-4-5-10(17)11(18)6-9/h4-6,8H,7H2,1-3H3,(H,19,20)(H,22,24). The van der Waals surface area contributed by atoms with Crippen molar-refractivity contribution in [3.8, 4) is 0 Å². The van der Waals surface area contributed by atoms with E-state index >= 15 is 0 Å². The van der Waals surface area contributed by atoms with Gasteiger partial charge in [0, 0.05) is 18.2 Å². The number of H-pyrrole nitrogens is 1. The number of hydrogen-bond acceptors (Lipinski definition) is 4. The van der Waals surface area contributed by atoms with E-state index in [1.807, 2.05) is 26.8 Å². The highest BCUT2D eigenvalue weighted by molar-refractivity contribution is 6.42. The summed E-state index contributed by atoms with van der Waals surface area (Å²) in [6.07, 6.45) is 1.71. The number of anilines is 1. The molecule has 0 bridgehead atoms. The van der Waals surface area contributed by atoms with Crippen molar-refractivity contribution < 1.29 is 0 Å². The molecule has 0 aliphatic rings. The molecule has 6 nitrogen and oxygen atoms in total. The number of nitrogens with zero attached hydrogens (tertiary/aromatic N) is 3. The summed E-state index contributed by atoms with van der Waals surface area (Å²) in [6.45, 7) is 6.59. The van der Waals surface area contributed by atoms with Crippen LogP contribution in [0.1, 0.15) is 32.0 Å². The van der Waals surface area contributed by atoms with Crippen molar-refractivity contribution in [2.75, 3.05) is 5.32 Å². The molecule has 24 heavy (non-hydrogen) atoms. The van der Waals surface area contributed by atoms with Crippen LogP contribution in [0.3, 0.4) is 0 Å². The molecule has 126 valence electrons. The predicted octanol–water partition coefficient (Wildman–Crippen LogP) is 3.63. The molecular formula is C16H17Cl2N5O. The molecule has 0 spiro atoms. The largest absolute Gasteiger partial charge is 0.363 e. The fourth-order valence-electron chi connectivity index (χ4n) is 2.23. The van der Waals surface area contributed by atoms with Crippen LogP contribution in [0, 0.1) is 0 Å². The molecule has 0 saturated heterocycles. The molecule has 0 amide bonds. The van der Waals surface area contributed by atoms with Crippen molar-refractivity contribution in [1.29, 1.82) is 0 Å². The highest BCUT2D eigenvalue weighted by Crippen LogP contribution is 2.25. The zero-order valence-corrected chi connectivity index (χ0v) is 15.0. The Labute approximate surface area is 148 Å². The number of benzene rings is 1. The Kier molecular flexibility index (Phi) is 4.27. The molecule has 0 fully saturated rings. The average molecular weight is 366 g/mol. The van der Waals surface area contributed by atoms with E-state index in [1.54, 1.807) is 18.3 Å². The minimum absolute atomic E-state index is 0.203. The Morgan fingerprint density at radius 2 is 2.00 bits per heavy atom. The lowest BCUT2D eigenvalue weighted by Gasteiger charge is -2.19. The molecule has 0 atom stereocenters. The zero-order chi connectivity index (χ0) is 17.5. The maximum absolute atomic E-state index is 11.9. The highest BCUT2D eigenvalue weighted by Gasteiger charge is 2.20. The quantitative estimate of drug-likeness (QED) is 0.742. The second-order valence-corrected chi connectivity index (χ2v) is 7.36. The molecule has 1 aromatic carbocycles. The van der Waals surface area contributed by atoms with E-state index in [2.05, 4.69) is 20.5 Å². The van der Waals surface area contributed by atoms with Crippen LogP contribution in [0.5, 0.6) is 0 Å². The lowest BCUT2D eigenvalue weighted by molar-refractivity contribution is 0.565. The van der Waals surface area contributed by atoms with Crippen molar-refractivity contribution >= 4 is 34.7 Å². The molecule has 0 unspecified atom stereocenters. The Balaban J connectivity index is 1.98. The molecule has 3 aromatic rings. The van der Waals surface area contributed by atoms with Gasteiger partial charge in [-0.2, -0.15) is 0 Å². The second kappa shape index (κ2) is 6.11. The monoisotopic (exact) mass is 365 g/mol. The summed E-state index contributed by atoms with van der Waals surface area (Å²) >= 11 is 12.0. The van der Waals surface area contributed by atoms with Gasteiger partial charge in [-0.15, -0.1) is 5.10 Å². The van der Waals surface area contributed by atoms with Crippen LogP contribution in [0.2, 0.25) is 10.0 Å². The number of aromatic nitrogens is 4. The first-order chi connectivity index (χ1) is 11.3. The molecule has 0 radical (unpaired) electrons. The molecule has 2 heterocycles. The zero-order valence-electron chi connectivity index (χ0n) is 13.5. The summed E-state index contributed by atoms with van der Waals surface area (Å²) in [5, 5.41) is 10.7. The van der Waals surface area contributed by atoms with Gasteiger partial charge >= 0.3 is 5.69 Å². The van der Waals surface area contributed by atoms with Crippen LogP contribution < -0.4 is 11.0 Å². The second-order valence-electron chi connectivity index (χ2n) is 6.55. The van der Waals surface area contributed by atoms with E-state index < -0.39 is 0 Å². The first-order valence-corrected chi connectivity index (χ1v) is 8.17. The Morgan fingerprint density at radius 3 is 2.67 bits per heavy atom. The van der Waals surface area contributed by atoms with E-state index in [4.69, 9.17) is 23.2 Å². The van der Waals surface area contributed by atoms with Crippen molar-refractivity contribution in [3.63, 3.8) is 0 Å². The van der Waals surface area contributed by atoms with Crippen molar-refractivity contribution in [3.05, 3.63) is 56.2 Å². The van der Waals surface area contributed by atoms with Gasteiger partial charge in [0.15, 0.2) is 5.82 Å². The van der Waals surface area contributed by atoms with Crippen molar-refractivity contribution in [1.82, 2.24) is 19.6 Å². The topological polar surface area (TPSA) is 75.1 Å². The predicted molar refractivity (Wildman–Crippen MR) is 96.1 cm³/mol. The molecule has 0 aliphatic heterocycles. The van der Waals surface area contributed by atoms with E-state index in [1.165, 1.54) is 4.40 Å². The smallest absolute Gasteiger partial charge is 0.347 e. The van der Waals surface area contributed by atoms with Crippen LogP contribution >= 0.6 is 23.2 Å². The summed E-state index contributed by atoms with van der Waals surface area (Å²) in [4.78, 5) is 16.6. The summed E-state index contributed by atoms with van der Waals surface area (Å²) in [7, 11) is 0. The normalized spacial score (nSPS) is 11.9. The van der Waals surface area contributed by atoms with Crippen LogP contribution in [0.15, 0.2) is 29.2 Å². The summed E-state index contributed by atoms with van der Waals surface area (Å²) in [5.41, 5.74) is 1.69. The maximum atomic E-state index is 11.9. The Bertz CT molecular complexity index is 955. The first-order valence-electron chi connectivity index (χ1n) is 7.42. The number of aromatic amines is 1. The minimum Gasteiger partial charge on any atom is -0.363 e. The number of rotatable bonds is 3. The molecule has 0 saturated carbocycles. The Hall–Kier alpha value is -2.05. The van der Waals surface area contributed by atoms with Crippen LogP contribution in [-0.2, 0) is 12.0 Å².